The third kappa shape index (κ3) is 2.19. The van der Waals surface area contributed by atoms with Crippen molar-refractivity contribution in [3.63, 3.8) is 0 Å². The number of rotatable bonds is 1. The topological polar surface area (TPSA) is 42.0 Å². The lowest BCUT2D eigenvalue weighted by atomic mass is 9.74. The van der Waals surface area contributed by atoms with Crippen molar-refractivity contribution in [1.82, 2.24) is 4.98 Å². The molecular weight excluding hydrogens is 308 g/mol. The molecule has 0 spiro atoms. The molecule has 3 aromatic rings. The summed E-state index contributed by atoms with van der Waals surface area (Å²) in [5.41, 5.74) is 6.45. The molecule has 2 aliphatic rings. The van der Waals surface area contributed by atoms with Gasteiger partial charge in [-0.1, -0.05) is 36.4 Å². The summed E-state index contributed by atoms with van der Waals surface area (Å²) in [5.74, 6) is 0.252. The van der Waals surface area contributed by atoms with Crippen molar-refractivity contribution in [2.24, 2.45) is 0 Å². The fourth-order valence-corrected chi connectivity index (χ4v) is 4.21. The maximum Gasteiger partial charge on any atom is 0.161 e. The number of allylic oxidation sites excluding steroid dienone is 2. The highest BCUT2D eigenvalue weighted by Crippen LogP contribution is 2.47. The minimum absolute atomic E-state index is 0.0202. The Hall–Kier alpha value is -2.94. The molecule has 2 aromatic carbocycles. The summed E-state index contributed by atoms with van der Waals surface area (Å²) in [6.45, 7) is 0. The largest absolute Gasteiger partial charge is 0.358 e. The van der Waals surface area contributed by atoms with Gasteiger partial charge in [-0.3, -0.25) is 9.78 Å². The van der Waals surface area contributed by atoms with Crippen molar-refractivity contribution in [3.8, 4) is 0 Å². The number of hydrogen-bond acceptors (Lipinski definition) is 3. The second-order valence-electron chi connectivity index (χ2n) is 6.73. The van der Waals surface area contributed by atoms with Gasteiger partial charge in [0.25, 0.3) is 0 Å². The molecule has 122 valence electrons. The number of anilines is 1. The van der Waals surface area contributed by atoms with E-state index in [9.17, 15) is 4.79 Å². The number of hydrogen-bond donors (Lipinski definition) is 1. The third-order valence-corrected chi connectivity index (χ3v) is 5.28. The SMILES string of the molecule is O=C1CCCC2=C1[C@H](c1ccccc1)c1c(ccc3ncccc13)N2. The first-order valence-electron chi connectivity index (χ1n) is 8.79. The van der Waals surface area contributed by atoms with Gasteiger partial charge in [-0.2, -0.15) is 0 Å². The van der Waals surface area contributed by atoms with Crippen LogP contribution in [-0.4, -0.2) is 10.8 Å². The van der Waals surface area contributed by atoms with E-state index in [4.69, 9.17) is 0 Å². The number of benzene rings is 2. The van der Waals surface area contributed by atoms with Crippen LogP contribution in [0.25, 0.3) is 10.9 Å². The van der Waals surface area contributed by atoms with Crippen molar-refractivity contribution in [2.45, 2.75) is 25.2 Å². The summed E-state index contributed by atoms with van der Waals surface area (Å²) in [6.07, 6.45) is 4.33. The van der Waals surface area contributed by atoms with Gasteiger partial charge < -0.3 is 5.32 Å². The van der Waals surface area contributed by atoms with Crippen molar-refractivity contribution in [1.29, 1.82) is 0 Å². The number of nitrogens with zero attached hydrogens (tertiary/aromatic N) is 1. The number of Topliss-reactive ketones (excluding diaryl/α,β-unsaturated/α-hetero) is 1. The van der Waals surface area contributed by atoms with E-state index in [1.165, 1.54) is 11.1 Å². The van der Waals surface area contributed by atoms with E-state index in [1.54, 1.807) is 0 Å². The maximum absolute atomic E-state index is 12.8. The van der Waals surface area contributed by atoms with Gasteiger partial charge in [0.2, 0.25) is 0 Å². The van der Waals surface area contributed by atoms with Crippen LogP contribution < -0.4 is 5.32 Å². The molecule has 0 radical (unpaired) electrons. The van der Waals surface area contributed by atoms with Crippen LogP contribution in [0.5, 0.6) is 0 Å². The highest BCUT2D eigenvalue weighted by Gasteiger charge is 2.35. The molecule has 1 aliphatic heterocycles. The average Bonchev–Trinajstić information content (AvgIpc) is 2.67. The van der Waals surface area contributed by atoms with Crippen LogP contribution in [0.4, 0.5) is 5.69 Å². The third-order valence-electron chi connectivity index (χ3n) is 5.28. The molecule has 2 heterocycles. The molecule has 0 amide bonds. The molecule has 0 saturated heterocycles. The standard InChI is InChI=1S/C22H18N2O/c25-19-10-4-9-17-22(19)20(14-6-2-1-3-7-14)21-15-8-5-13-23-16(15)11-12-18(21)24-17/h1-3,5-8,11-13,20,24H,4,9-10H2/t20-/m1/s1. The summed E-state index contributed by atoms with van der Waals surface area (Å²) < 4.78 is 0. The Morgan fingerprint density at radius 2 is 1.84 bits per heavy atom. The summed E-state index contributed by atoms with van der Waals surface area (Å²) in [4.78, 5) is 17.4. The van der Waals surface area contributed by atoms with Crippen LogP contribution in [0.1, 0.15) is 36.3 Å². The van der Waals surface area contributed by atoms with Crippen molar-refractivity contribution in [2.75, 3.05) is 5.32 Å². The molecule has 0 saturated carbocycles. The van der Waals surface area contributed by atoms with Crippen LogP contribution >= 0.6 is 0 Å². The van der Waals surface area contributed by atoms with Gasteiger partial charge in [-0.15, -0.1) is 0 Å². The summed E-state index contributed by atoms with van der Waals surface area (Å²) >= 11 is 0. The monoisotopic (exact) mass is 326 g/mol. The highest BCUT2D eigenvalue weighted by atomic mass is 16.1. The van der Waals surface area contributed by atoms with Gasteiger partial charge in [-0.05, 0) is 42.2 Å². The normalized spacial score (nSPS) is 19.4. The molecule has 0 bridgehead atoms. The summed E-state index contributed by atoms with van der Waals surface area (Å²) in [5, 5.41) is 4.67. The van der Waals surface area contributed by atoms with Crippen molar-refractivity contribution < 1.29 is 4.79 Å². The van der Waals surface area contributed by atoms with Gasteiger partial charge in [0.1, 0.15) is 0 Å². The number of fused-ring (bicyclic) bond motifs is 3. The summed E-state index contributed by atoms with van der Waals surface area (Å²) in [7, 11) is 0. The molecule has 1 atom stereocenters. The number of aromatic nitrogens is 1. The van der Waals surface area contributed by atoms with E-state index in [0.29, 0.717) is 6.42 Å². The fourth-order valence-electron chi connectivity index (χ4n) is 4.21. The van der Waals surface area contributed by atoms with Gasteiger partial charge in [0, 0.05) is 40.9 Å². The quantitative estimate of drug-likeness (QED) is 0.698. The van der Waals surface area contributed by atoms with E-state index >= 15 is 0 Å². The smallest absolute Gasteiger partial charge is 0.161 e. The van der Waals surface area contributed by atoms with Gasteiger partial charge in [-0.25, -0.2) is 0 Å². The zero-order chi connectivity index (χ0) is 16.8. The molecule has 25 heavy (non-hydrogen) atoms. The number of carbonyl (C=O) groups excluding carboxylic acids is 1. The minimum Gasteiger partial charge on any atom is -0.358 e. The predicted octanol–water partition coefficient (Wildman–Crippen LogP) is 4.80. The van der Waals surface area contributed by atoms with E-state index in [2.05, 4.69) is 40.6 Å². The zero-order valence-corrected chi connectivity index (χ0v) is 13.8. The molecule has 1 aliphatic carbocycles. The van der Waals surface area contributed by atoms with Crippen LogP contribution in [0.3, 0.4) is 0 Å². The fraction of sp³-hybridized carbons (Fsp3) is 0.182. The molecule has 1 N–H and O–H groups in total. The number of ketones is 1. The average molecular weight is 326 g/mol. The lowest BCUT2D eigenvalue weighted by molar-refractivity contribution is -0.116. The Bertz CT molecular complexity index is 1020. The second kappa shape index (κ2) is 5.55. The molecule has 3 heteroatoms. The van der Waals surface area contributed by atoms with E-state index in [-0.39, 0.29) is 11.7 Å². The lowest BCUT2D eigenvalue weighted by Gasteiger charge is -2.34. The lowest BCUT2D eigenvalue weighted by Crippen LogP contribution is -2.27. The Morgan fingerprint density at radius 3 is 2.72 bits per heavy atom. The Kier molecular flexibility index (Phi) is 3.20. The van der Waals surface area contributed by atoms with Crippen LogP contribution in [0.15, 0.2) is 72.1 Å². The zero-order valence-electron chi connectivity index (χ0n) is 13.8. The Balaban J connectivity index is 1.85. The van der Waals surface area contributed by atoms with Gasteiger partial charge in [0.05, 0.1) is 5.52 Å². The second-order valence-corrected chi connectivity index (χ2v) is 6.73. The molecule has 0 fully saturated rings. The Morgan fingerprint density at radius 1 is 0.960 bits per heavy atom. The molecule has 0 unspecified atom stereocenters. The van der Waals surface area contributed by atoms with Crippen molar-refractivity contribution >= 4 is 22.4 Å². The van der Waals surface area contributed by atoms with E-state index < -0.39 is 0 Å². The minimum atomic E-state index is -0.0202. The number of carbonyl (C=O) groups is 1. The number of pyridine rings is 1. The van der Waals surface area contributed by atoms with Crippen molar-refractivity contribution in [3.05, 3.63) is 83.2 Å². The molecule has 5 rings (SSSR count). The maximum atomic E-state index is 12.8. The van der Waals surface area contributed by atoms with E-state index in [1.807, 2.05) is 30.5 Å². The van der Waals surface area contributed by atoms with Crippen LogP contribution in [0.2, 0.25) is 0 Å². The number of nitrogens with one attached hydrogen (secondary N) is 1. The first kappa shape index (κ1) is 14.4. The molecule has 1 aromatic heterocycles. The first-order valence-corrected chi connectivity index (χ1v) is 8.79. The Labute approximate surface area is 146 Å². The summed E-state index contributed by atoms with van der Waals surface area (Å²) in [6, 6.07) is 18.6. The van der Waals surface area contributed by atoms with E-state index in [0.717, 1.165) is 40.7 Å². The predicted molar refractivity (Wildman–Crippen MR) is 99.5 cm³/mol. The first-order chi connectivity index (χ1) is 12.3. The van der Waals surface area contributed by atoms with Gasteiger partial charge in [0.15, 0.2) is 5.78 Å². The molecular formula is C22H18N2O. The van der Waals surface area contributed by atoms with Crippen LogP contribution in [-0.2, 0) is 4.79 Å². The molecule has 3 nitrogen and oxygen atoms in total. The highest BCUT2D eigenvalue weighted by molar-refractivity contribution is 6.03. The van der Waals surface area contributed by atoms with Crippen LogP contribution in [0, 0.1) is 0 Å². The van der Waals surface area contributed by atoms with Gasteiger partial charge >= 0.3 is 0 Å².